The number of hydrogen-bond acceptors (Lipinski definition) is 3. The number of benzene rings is 1. The van der Waals surface area contributed by atoms with Gasteiger partial charge in [-0.15, -0.1) is 0 Å². The minimum absolute atomic E-state index is 0.282. The molecule has 0 aliphatic carbocycles. The molecule has 26 heavy (non-hydrogen) atoms. The summed E-state index contributed by atoms with van der Waals surface area (Å²) in [7, 11) is 0. The van der Waals surface area contributed by atoms with Crippen molar-refractivity contribution >= 4 is 21.9 Å². The molecule has 2 unspecified atom stereocenters. The Hall–Kier alpha value is -1.79. The number of halogens is 1. The Morgan fingerprint density at radius 3 is 2.85 bits per heavy atom. The Kier molecular flexibility index (Phi) is 6.74. The Morgan fingerprint density at radius 1 is 1.38 bits per heavy atom. The summed E-state index contributed by atoms with van der Waals surface area (Å²) in [5, 5.41) is 13.3. The maximum absolute atomic E-state index is 9.88. The van der Waals surface area contributed by atoms with Crippen LogP contribution in [0.5, 0.6) is 0 Å². The van der Waals surface area contributed by atoms with Crippen LogP contribution in [0.25, 0.3) is 0 Å². The van der Waals surface area contributed by atoms with Crippen LogP contribution in [0.2, 0.25) is 0 Å². The highest BCUT2D eigenvalue weighted by Gasteiger charge is 2.27. The van der Waals surface area contributed by atoms with Crippen LogP contribution in [-0.4, -0.2) is 41.7 Å². The predicted octanol–water partition coefficient (Wildman–Crippen LogP) is 3.43. The number of guanidine groups is 1. The number of nitrogens with zero attached hydrogens (tertiary/aromatic N) is 2. The van der Waals surface area contributed by atoms with Crippen molar-refractivity contribution in [2.45, 2.75) is 32.4 Å². The molecule has 2 atom stereocenters. The molecule has 1 fully saturated rings. The summed E-state index contributed by atoms with van der Waals surface area (Å²) < 4.78 is 6.47. The van der Waals surface area contributed by atoms with Gasteiger partial charge in [0.2, 0.25) is 0 Å². The van der Waals surface area contributed by atoms with Gasteiger partial charge in [-0.05, 0) is 43.2 Å². The van der Waals surface area contributed by atoms with E-state index in [1.54, 1.807) is 6.26 Å². The van der Waals surface area contributed by atoms with Crippen molar-refractivity contribution in [1.82, 2.24) is 10.2 Å². The Labute approximate surface area is 163 Å². The second-order valence-electron chi connectivity index (χ2n) is 6.76. The zero-order chi connectivity index (χ0) is 18.4. The van der Waals surface area contributed by atoms with Crippen LogP contribution in [0.3, 0.4) is 0 Å². The maximum atomic E-state index is 9.88. The zero-order valence-electron chi connectivity index (χ0n) is 15.1. The van der Waals surface area contributed by atoms with Crippen LogP contribution in [0, 0.1) is 5.92 Å². The van der Waals surface area contributed by atoms with E-state index in [0.29, 0.717) is 12.5 Å². The van der Waals surface area contributed by atoms with Crippen LogP contribution < -0.4 is 5.32 Å². The fraction of sp³-hybridized carbons (Fsp3) is 0.450. The van der Waals surface area contributed by atoms with Crippen LogP contribution >= 0.6 is 15.9 Å². The summed E-state index contributed by atoms with van der Waals surface area (Å²) in [4.78, 5) is 7.07. The van der Waals surface area contributed by atoms with Gasteiger partial charge in [-0.1, -0.05) is 28.1 Å². The van der Waals surface area contributed by atoms with Crippen molar-refractivity contribution < 1.29 is 9.52 Å². The van der Waals surface area contributed by atoms with Crippen molar-refractivity contribution in [2.75, 3.05) is 19.6 Å². The number of aliphatic hydroxyl groups excluding tert-OH is 1. The van der Waals surface area contributed by atoms with Crippen molar-refractivity contribution in [3.63, 3.8) is 0 Å². The van der Waals surface area contributed by atoms with Gasteiger partial charge in [-0.3, -0.25) is 0 Å². The van der Waals surface area contributed by atoms with Crippen LogP contribution in [0.4, 0.5) is 0 Å². The first-order valence-electron chi connectivity index (χ1n) is 9.10. The highest BCUT2D eigenvalue weighted by molar-refractivity contribution is 9.10. The van der Waals surface area contributed by atoms with Gasteiger partial charge in [0.15, 0.2) is 5.96 Å². The lowest BCUT2D eigenvalue weighted by Crippen LogP contribution is -2.41. The van der Waals surface area contributed by atoms with E-state index in [9.17, 15) is 5.11 Å². The van der Waals surface area contributed by atoms with Gasteiger partial charge in [0.25, 0.3) is 0 Å². The molecule has 0 radical (unpaired) electrons. The van der Waals surface area contributed by atoms with Crippen molar-refractivity contribution in [3.8, 4) is 0 Å². The third-order valence-corrected chi connectivity index (χ3v) is 5.29. The first-order valence-corrected chi connectivity index (χ1v) is 9.89. The molecule has 3 rings (SSSR count). The molecule has 0 amide bonds. The molecule has 1 aromatic carbocycles. The lowest BCUT2D eigenvalue weighted by Gasteiger charge is -2.22. The Morgan fingerprint density at radius 2 is 2.19 bits per heavy atom. The number of nitrogens with one attached hydrogen (secondary N) is 1. The summed E-state index contributed by atoms with van der Waals surface area (Å²) in [6.07, 6.45) is 3.23. The molecule has 1 saturated heterocycles. The molecule has 6 heteroatoms. The van der Waals surface area contributed by atoms with E-state index >= 15 is 0 Å². The van der Waals surface area contributed by atoms with E-state index < -0.39 is 0 Å². The summed E-state index contributed by atoms with van der Waals surface area (Å²) >= 11 is 3.46. The molecule has 0 spiro atoms. The number of likely N-dealkylation sites (tertiary alicyclic amines) is 1. The van der Waals surface area contributed by atoms with Crippen LogP contribution in [0.1, 0.15) is 24.7 Å². The minimum Gasteiger partial charge on any atom is -0.469 e. The SMILES string of the molecule is CC(O)C1CCN(C(=NCc2ccc(Br)cc2)NCCc2ccco2)C1. The summed E-state index contributed by atoms with van der Waals surface area (Å²) in [6.45, 7) is 5.03. The topological polar surface area (TPSA) is 61.0 Å². The standard InChI is InChI=1S/C20H26BrN3O2/c1-15(25)17-9-11-24(14-17)20(22-10-8-19-3-2-12-26-19)23-13-16-4-6-18(21)7-5-16/h2-7,12,15,17,25H,8-11,13-14H2,1H3,(H,22,23). The smallest absolute Gasteiger partial charge is 0.194 e. The first-order chi connectivity index (χ1) is 12.6. The number of furan rings is 1. The maximum Gasteiger partial charge on any atom is 0.194 e. The van der Waals surface area contributed by atoms with Crippen molar-refractivity contribution in [3.05, 3.63) is 58.5 Å². The van der Waals surface area contributed by atoms with Gasteiger partial charge in [0.05, 0.1) is 18.9 Å². The van der Waals surface area contributed by atoms with E-state index in [4.69, 9.17) is 9.41 Å². The van der Waals surface area contributed by atoms with Crippen LogP contribution in [0.15, 0.2) is 56.5 Å². The largest absolute Gasteiger partial charge is 0.469 e. The lowest BCUT2D eigenvalue weighted by molar-refractivity contribution is 0.132. The van der Waals surface area contributed by atoms with E-state index in [1.807, 2.05) is 31.2 Å². The van der Waals surface area contributed by atoms with Gasteiger partial charge in [0.1, 0.15) is 5.76 Å². The molecular weight excluding hydrogens is 394 g/mol. The highest BCUT2D eigenvalue weighted by atomic mass is 79.9. The third-order valence-electron chi connectivity index (χ3n) is 4.77. The van der Waals surface area contributed by atoms with Gasteiger partial charge >= 0.3 is 0 Å². The molecule has 140 valence electrons. The van der Waals surface area contributed by atoms with Gasteiger partial charge in [-0.2, -0.15) is 0 Å². The minimum atomic E-state index is -0.282. The summed E-state index contributed by atoms with van der Waals surface area (Å²) in [5.74, 6) is 2.18. The van der Waals surface area contributed by atoms with Crippen molar-refractivity contribution in [2.24, 2.45) is 10.9 Å². The average molecular weight is 420 g/mol. The second-order valence-corrected chi connectivity index (χ2v) is 7.67. The summed E-state index contributed by atoms with van der Waals surface area (Å²) in [6, 6.07) is 12.1. The molecule has 1 aliphatic rings. The zero-order valence-corrected chi connectivity index (χ0v) is 16.7. The molecule has 0 bridgehead atoms. The number of aliphatic hydroxyl groups is 1. The molecule has 1 aliphatic heterocycles. The first kappa shape index (κ1) is 19.0. The van der Waals surface area contributed by atoms with Gasteiger partial charge in [-0.25, -0.2) is 4.99 Å². The Bertz CT molecular complexity index is 698. The van der Waals surface area contributed by atoms with E-state index in [-0.39, 0.29) is 6.10 Å². The fourth-order valence-electron chi connectivity index (χ4n) is 3.15. The van der Waals surface area contributed by atoms with Gasteiger partial charge < -0.3 is 19.7 Å². The molecule has 2 heterocycles. The molecule has 2 N–H and O–H groups in total. The predicted molar refractivity (Wildman–Crippen MR) is 107 cm³/mol. The molecule has 1 aromatic heterocycles. The molecular formula is C20H26BrN3O2. The highest BCUT2D eigenvalue weighted by Crippen LogP contribution is 2.20. The van der Waals surface area contributed by atoms with Crippen LogP contribution in [-0.2, 0) is 13.0 Å². The molecule has 0 saturated carbocycles. The fourth-order valence-corrected chi connectivity index (χ4v) is 3.41. The Balaban J connectivity index is 1.64. The third kappa shape index (κ3) is 5.35. The average Bonchev–Trinajstić information content (AvgIpc) is 3.31. The molecule has 5 nitrogen and oxygen atoms in total. The number of rotatable bonds is 6. The molecule has 2 aromatic rings. The number of aliphatic imine (C=N–C) groups is 1. The second kappa shape index (κ2) is 9.24. The normalized spacial score (nSPS) is 19.0. The van der Waals surface area contributed by atoms with E-state index in [2.05, 4.69) is 38.3 Å². The van der Waals surface area contributed by atoms with E-state index in [0.717, 1.165) is 48.7 Å². The van der Waals surface area contributed by atoms with Gasteiger partial charge in [0, 0.05) is 36.4 Å². The number of hydrogen-bond donors (Lipinski definition) is 2. The monoisotopic (exact) mass is 419 g/mol. The quantitative estimate of drug-likeness (QED) is 0.555. The van der Waals surface area contributed by atoms with Crippen molar-refractivity contribution in [1.29, 1.82) is 0 Å². The summed E-state index contributed by atoms with van der Waals surface area (Å²) in [5.41, 5.74) is 1.17. The lowest BCUT2D eigenvalue weighted by atomic mass is 10.0. The van der Waals surface area contributed by atoms with E-state index in [1.165, 1.54) is 5.56 Å².